The summed E-state index contributed by atoms with van der Waals surface area (Å²) in [6.45, 7) is 1.46. The average Bonchev–Trinajstić information content (AvgIpc) is 2.29. The molecule has 6 heteroatoms. The third-order valence-electron chi connectivity index (χ3n) is 3.48. The highest BCUT2D eigenvalue weighted by molar-refractivity contribution is 5.16. The van der Waals surface area contributed by atoms with Crippen molar-refractivity contribution < 1.29 is 17.6 Å². The lowest BCUT2D eigenvalue weighted by Crippen LogP contribution is -2.47. The maximum atomic E-state index is 12.8. The molecular weight excluding hydrogens is 272 g/mol. The van der Waals surface area contributed by atoms with Gasteiger partial charge in [-0.3, -0.25) is 4.90 Å². The van der Waals surface area contributed by atoms with Gasteiger partial charge in [0.15, 0.2) is 0 Å². The van der Waals surface area contributed by atoms with Crippen LogP contribution in [-0.4, -0.2) is 30.2 Å². The zero-order chi connectivity index (χ0) is 14.8. The highest BCUT2D eigenvalue weighted by Gasteiger charge is 2.35. The lowest BCUT2D eigenvalue weighted by molar-refractivity contribution is -0.148. The Morgan fingerprint density at radius 2 is 1.80 bits per heavy atom. The number of rotatable bonds is 3. The zero-order valence-corrected chi connectivity index (χ0v) is 11.0. The van der Waals surface area contributed by atoms with Crippen molar-refractivity contribution in [3.63, 3.8) is 0 Å². The Balaban J connectivity index is 1.95. The van der Waals surface area contributed by atoms with Crippen LogP contribution in [0.3, 0.4) is 0 Å². The fourth-order valence-corrected chi connectivity index (χ4v) is 2.80. The summed E-state index contributed by atoms with van der Waals surface area (Å²) in [4.78, 5) is 1.91. The van der Waals surface area contributed by atoms with Gasteiger partial charge in [0, 0.05) is 32.1 Å². The number of piperidine rings is 1. The predicted octanol–water partition coefficient (Wildman–Crippen LogP) is 2.93. The molecule has 2 nitrogen and oxygen atoms in total. The van der Waals surface area contributed by atoms with Gasteiger partial charge in [0.25, 0.3) is 0 Å². The molecule has 1 aromatic rings. The monoisotopic (exact) mass is 290 g/mol. The van der Waals surface area contributed by atoms with E-state index in [4.69, 9.17) is 5.73 Å². The first-order valence-corrected chi connectivity index (χ1v) is 6.61. The lowest BCUT2D eigenvalue weighted by atomic mass is 9.91. The quantitative estimate of drug-likeness (QED) is 0.867. The minimum atomic E-state index is -4.15. The summed E-state index contributed by atoms with van der Waals surface area (Å²) in [5.74, 6) is -0.779. The van der Waals surface area contributed by atoms with Gasteiger partial charge in [-0.05, 0) is 30.0 Å². The van der Waals surface area contributed by atoms with E-state index in [1.807, 2.05) is 4.90 Å². The molecule has 2 rings (SSSR count). The molecule has 112 valence electrons. The largest absolute Gasteiger partial charge is 0.389 e. The number of likely N-dealkylation sites (tertiary alicyclic amines) is 1. The van der Waals surface area contributed by atoms with E-state index in [1.54, 1.807) is 12.1 Å². The summed E-state index contributed by atoms with van der Waals surface area (Å²) in [5, 5.41) is 0. The molecule has 1 saturated heterocycles. The number of benzene rings is 1. The molecule has 0 spiro atoms. The van der Waals surface area contributed by atoms with Gasteiger partial charge in [0.05, 0.1) is 0 Å². The van der Waals surface area contributed by atoms with Crippen molar-refractivity contribution in [3.05, 3.63) is 35.6 Å². The minimum Gasteiger partial charge on any atom is -0.327 e. The maximum Gasteiger partial charge on any atom is 0.389 e. The number of halogens is 4. The SMILES string of the molecule is NC1CC(CC(F)(F)F)CN(Cc2ccc(F)cc2)C1. The standard InChI is InChI=1S/C14H18F4N2/c15-12-3-1-10(2-4-12)7-20-8-11(5-13(19)9-20)6-14(16,17)18/h1-4,11,13H,5-9,19H2. The second-order valence-corrected chi connectivity index (χ2v) is 5.50. The molecule has 0 radical (unpaired) electrons. The second kappa shape index (κ2) is 6.10. The number of nitrogens with zero attached hydrogens (tertiary/aromatic N) is 1. The van der Waals surface area contributed by atoms with Crippen LogP contribution in [0.15, 0.2) is 24.3 Å². The van der Waals surface area contributed by atoms with Gasteiger partial charge in [0.1, 0.15) is 5.82 Å². The van der Waals surface area contributed by atoms with Crippen LogP contribution >= 0.6 is 0 Å². The Morgan fingerprint density at radius 1 is 1.15 bits per heavy atom. The van der Waals surface area contributed by atoms with Gasteiger partial charge in [-0.25, -0.2) is 4.39 Å². The summed E-state index contributed by atoms with van der Waals surface area (Å²) in [7, 11) is 0. The normalized spacial score (nSPS) is 24.9. The van der Waals surface area contributed by atoms with Crippen LogP contribution in [0.25, 0.3) is 0 Å². The van der Waals surface area contributed by atoms with Crippen molar-refractivity contribution in [2.75, 3.05) is 13.1 Å². The lowest BCUT2D eigenvalue weighted by Gasteiger charge is -2.36. The fourth-order valence-electron chi connectivity index (χ4n) is 2.80. The Hall–Kier alpha value is -1.14. The predicted molar refractivity (Wildman–Crippen MR) is 68.4 cm³/mol. The molecule has 1 aromatic carbocycles. The molecule has 1 aliphatic rings. The first kappa shape index (κ1) is 15.3. The van der Waals surface area contributed by atoms with Gasteiger partial charge in [-0.1, -0.05) is 12.1 Å². The fraction of sp³-hybridized carbons (Fsp3) is 0.571. The Morgan fingerprint density at radius 3 is 2.40 bits per heavy atom. The molecule has 1 heterocycles. The molecule has 0 aromatic heterocycles. The van der Waals surface area contributed by atoms with Gasteiger partial charge in [-0.2, -0.15) is 13.2 Å². The van der Waals surface area contributed by atoms with Crippen molar-refractivity contribution in [3.8, 4) is 0 Å². The first-order valence-electron chi connectivity index (χ1n) is 6.61. The molecule has 1 aliphatic heterocycles. The van der Waals surface area contributed by atoms with E-state index in [-0.39, 0.29) is 11.9 Å². The van der Waals surface area contributed by atoms with Crippen LogP contribution in [0.5, 0.6) is 0 Å². The van der Waals surface area contributed by atoms with Crippen molar-refractivity contribution in [2.24, 2.45) is 11.7 Å². The van der Waals surface area contributed by atoms with Crippen LogP contribution in [0.1, 0.15) is 18.4 Å². The zero-order valence-electron chi connectivity index (χ0n) is 11.0. The van der Waals surface area contributed by atoms with Gasteiger partial charge in [0.2, 0.25) is 0 Å². The smallest absolute Gasteiger partial charge is 0.327 e. The van der Waals surface area contributed by atoms with Crippen LogP contribution in [0.2, 0.25) is 0 Å². The number of alkyl halides is 3. The summed E-state index contributed by atoms with van der Waals surface area (Å²) in [6, 6.07) is 5.76. The minimum absolute atomic E-state index is 0.239. The van der Waals surface area contributed by atoms with Crippen molar-refractivity contribution in [2.45, 2.75) is 31.6 Å². The molecule has 2 atom stereocenters. The average molecular weight is 290 g/mol. The number of nitrogens with two attached hydrogens (primary N) is 1. The Kier molecular flexibility index (Phi) is 4.65. The third kappa shape index (κ3) is 4.76. The summed E-state index contributed by atoms with van der Waals surface area (Å²) in [5.41, 5.74) is 6.72. The van der Waals surface area contributed by atoms with Crippen LogP contribution < -0.4 is 5.73 Å². The molecule has 1 fully saturated rings. The van der Waals surface area contributed by atoms with E-state index in [1.165, 1.54) is 12.1 Å². The third-order valence-corrected chi connectivity index (χ3v) is 3.48. The highest BCUT2D eigenvalue weighted by atomic mass is 19.4. The molecule has 2 unspecified atom stereocenters. The van der Waals surface area contributed by atoms with Crippen LogP contribution in [0, 0.1) is 11.7 Å². The maximum absolute atomic E-state index is 12.8. The van der Waals surface area contributed by atoms with Crippen molar-refractivity contribution in [1.82, 2.24) is 4.90 Å². The molecule has 0 amide bonds. The first-order chi connectivity index (χ1) is 9.32. The Labute approximate surface area is 115 Å². The van der Waals surface area contributed by atoms with E-state index >= 15 is 0 Å². The van der Waals surface area contributed by atoms with Crippen LogP contribution in [-0.2, 0) is 6.54 Å². The van der Waals surface area contributed by atoms with E-state index < -0.39 is 18.5 Å². The Bertz CT molecular complexity index is 430. The van der Waals surface area contributed by atoms with Crippen molar-refractivity contribution in [1.29, 1.82) is 0 Å². The van der Waals surface area contributed by atoms with Gasteiger partial charge in [-0.15, -0.1) is 0 Å². The summed E-state index contributed by atoms with van der Waals surface area (Å²) < 4.78 is 50.2. The van der Waals surface area contributed by atoms with E-state index in [0.717, 1.165) is 5.56 Å². The molecule has 0 saturated carbocycles. The van der Waals surface area contributed by atoms with Crippen molar-refractivity contribution >= 4 is 0 Å². The molecular formula is C14H18F4N2. The van der Waals surface area contributed by atoms with E-state index in [9.17, 15) is 17.6 Å². The summed E-state index contributed by atoms with van der Waals surface area (Å²) in [6.07, 6.45) is -4.54. The van der Waals surface area contributed by atoms with Gasteiger partial charge < -0.3 is 5.73 Å². The second-order valence-electron chi connectivity index (χ2n) is 5.50. The topological polar surface area (TPSA) is 29.3 Å². The highest BCUT2D eigenvalue weighted by Crippen LogP contribution is 2.30. The summed E-state index contributed by atoms with van der Waals surface area (Å²) >= 11 is 0. The van der Waals surface area contributed by atoms with E-state index in [2.05, 4.69) is 0 Å². The van der Waals surface area contributed by atoms with E-state index in [0.29, 0.717) is 26.1 Å². The molecule has 0 bridgehead atoms. The molecule has 2 N–H and O–H groups in total. The van der Waals surface area contributed by atoms with Gasteiger partial charge >= 0.3 is 6.18 Å². The number of hydrogen-bond donors (Lipinski definition) is 1. The molecule has 0 aliphatic carbocycles. The van der Waals surface area contributed by atoms with Crippen LogP contribution in [0.4, 0.5) is 17.6 Å². The molecule has 20 heavy (non-hydrogen) atoms. The number of hydrogen-bond acceptors (Lipinski definition) is 2.